The highest BCUT2D eigenvalue weighted by Crippen LogP contribution is 2.28. The largest absolute Gasteiger partial charge is 0.346 e. The van der Waals surface area contributed by atoms with Crippen LogP contribution in [0.4, 0.5) is 0 Å². The van der Waals surface area contributed by atoms with E-state index in [1.54, 1.807) is 6.20 Å². The van der Waals surface area contributed by atoms with Crippen LogP contribution in [0.5, 0.6) is 0 Å². The Labute approximate surface area is 192 Å². The molecule has 1 saturated heterocycles. The molecule has 1 N–H and O–H groups in total. The van der Waals surface area contributed by atoms with Gasteiger partial charge in [0.15, 0.2) is 0 Å². The van der Waals surface area contributed by atoms with Gasteiger partial charge >= 0.3 is 0 Å². The summed E-state index contributed by atoms with van der Waals surface area (Å²) in [5.74, 6) is 0.626. The predicted molar refractivity (Wildman–Crippen MR) is 126 cm³/mol. The van der Waals surface area contributed by atoms with Gasteiger partial charge in [0.25, 0.3) is 0 Å². The van der Waals surface area contributed by atoms with Crippen molar-refractivity contribution in [2.45, 2.75) is 38.8 Å². The second kappa shape index (κ2) is 8.91. The van der Waals surface area contributed by atoms with Gasteiger partial charge in [-0.1, -0.05) is 12.1 Å². The minimum Gasteiger partial charge on any atom is -0.346 e. The van der Waals surface area contributed by atoms with Crippen LogP contribution in [-0.2, 0) is 17.8 Å². The van der Waals surface area contributed by atoms with Gasteiger partial charge in [-0.3, -0.25) is 9.89 Å². The molecule has 0 saturated carbocycles. The van der Waals surface area contributed by atoms with Crippen LogP contribution in [0.2, 0.25) is 0 Å². The molecule has 1 fully saturated rings. The number of aryl methyl sites for hydroxylation is 1. The first-order valence-corrected chi connectivity index (χ1v) is 11.3. The second-order valence-electron chi connectivity index (χ2n) is 8.86. The molecule has 4 aromatic rings. The van der Waals surface area contributed by atoms with E-state index in [4.69, 9.17) is 10.2 Å². The minimum absolute atomic E-state index is 0.207. The number of nitriles is 1. The van der Waals surface area contributed by atoms with Crippen molar-refractivity contribution in [2.24, 2.45) is 5.92 Å². The van der Waals surface area contributed by atoms with Gasteiger partial charge in [0.2, 0.25) is 5.91 Å². The molecule has 2 atom stereocenters. The van der Waals surface area contributed by atoms with Crippen LogP contribution < -0.4 is 0 Å². The molecule has 7 nitrogen and oxygen atoms in total. The first-order valence-electron chi connectivity index (χ1n) is 11.3. The van der Waals surface area contributed by atoms with Gasteiger partial charge in [0.05, 0.1) is 34.6 Å². The molecular formula is C26H26N6O. The van der Waals surface area contributed by atoms with Crippen LogP contribution in [0.3, 0.4) is 0 Å². The SMILES string of the molecule is CC1CC(Cn2ccc3nc(-c4cn[nH]c4)ccc32)CN1C(=O)CCc1ccc(C#N)cc1. The van der Waals surface area contributed by atoms with E-state index in [2.05, 4.69) is 46.1 Å². The number of H-pyrrole nitrogens is 1. The average Bonchev–Trinajstić information content (AvgIpc) is 3.58. The van der Waals surface area contributed by atoms with Gasteiger partial charge in [-0.05, 0) is 61.6 Å². The van der Waals surface area contributed by atoms with E-state index in [0.717, 1.165) is 47.4 Å². The summed E-state index contributed by atoms with van der Waals surface area (Å²) >= 11 is 0. The molecule has 4 heterocycles. The zero-order chi connectivity index (χ0) is 22.8. The quantitative estimate of drug-likeness (QED) is 0.489. The zero-order valence-corrected chi connectivity index (χ0v) is 18.6. The maximum absolute atomic E-state index is 12.9. The number of carbonyl (C=O) groups is 1. The molecule has 5 rings (SSSR count). The molecule has 1 amide bonds. The average molecular weight is 439 g/mol. The molecule has 1 aromatic carbocycles. The van der Waals surface area contributed by atoms with E-state index >= 15 is 0 Å². The number of nitrogens with one attached hydrogen (secondary N) is 1. The molecule has 166 valence electrons. The Kier molecular flexibility index (Phi) is 5.66. The molecule has 2 unspecified atom stereocenters. The summed E-state index contributed by atoms with van der Waals surface area (Å²) in [6, 6.07) is 16.1. The van der Waals surface area contributed by atoms with Crippen molar-refractivity contribution < 1.29 is 4.79 Å². The number of carbonyl (C=O) groups excluding carboxylic acids is 1. The fourth-order valence-corrected chi connectivity index (χ4v) is 4.83. The molecule has 33 heavy (non-hydrogen) atoms. The van der Waals surface area contributed by atoms with E-state index in [9.17, 15) is 4.79 Å². The standard InChI is InChI=1S/C26H26N6O/c1-18-12-21(17-32(18)26(33)9-6-19-2-4-20(13-27)5-3-19)16-31-11-10-24-25(31)8-7-23(30-24)22-14-28-29-15-22/h2-5,7-8,10-11,14-15,18,21H,6,9,12,16-17H2,1H3,(H,28,29). The number of benzene rings is 1. The normalized spacial score (nSPS) is 18.0. The van der Waals surface area contributed by atoms with Crippen molar-refractivity contribution in [1.29, 1.82) is 5.26 Å². The molecule has 1 aliphatic rings. The van der Waals surface area contributed by atoms with Crippen LogP contribution in [0.25, 0.3) is 22.3 Å². The highest BCUT2D eigenvalue weighted by molar-refractivity contribution is 5.79. The summed E-state index contributed by atoms with van der Waals surface area (Å²) in [7, 11) is 0. The lowest BCUT2D eigenvalue weighted by Crippen LogP contribution is -2.34. The number of aromatic nitrogens is 4. The van der Waals surface area contributed by atoms with E-state index in [0.29, 0.717) is 24.3 Å². The number of nitrogens with zero attached hydrogens (tertiary/aromatic N) is 5. The van der Waals surface area contributed by atoms with Crippen molar-refractivity contribution in [1.82, 2.24) is 24.6 Å². The maximum atomic E-state index is 12.9. The monoisotopic (exact) mass is 438 g/mol. The highest BCUT2D eigenvalue weighted by atomic mass is 16.2. The van der Waals surface area contributed by atoms with Gasteiger partial charge in [0.1, 0.15) is 0 Å². The third kappa shape index (κ3) is 4.37. The van der Waals surface area contributed by atoms with Crippen molar-refractivity contribution in [3.63, 3.8) is 0 Å². The lowest BCUT2D eigenvalue weighted by molar-refractivity contribution is -0.131. The number of fused-ring (bicyclic) bond motifs is 1. The number of aromatic amines is 1. The van der Waals surface area contributed by atoms with Crippen molar-refractivity contribution in [3.05, 3.63) is 72.2 Å². The van der Waals surface area contributed by atoms with E-state index in [-0.39, 0.29) is 11.9 Å². The second-order valence-corrected chi connectivity index (χ2v) is 8.86. The Bertz CT molecular complexity index is 1300. The number of amides is 1. The third-order valence-electron chi connectivity index (χ3n) is 6.57. The number of likely N-dealkylation sites (tertiary alicyclic amines) is 1. The topological polar surface area (TPSA) is 90.6 Å². The Morgan fingerprint density at radius 3 is 2.82 bits per heavy atom. The smallest absolute Gasteiger partial charge is 0.223 e. The Morgan fingerprint density at radius 1 is 1.21 bits per heavy atom. The van der Waals surface area contributed by atoms with Gasteiger partial charge in [-0.25, -0.2) is 4.98 Å². The van der Waals surface area contributed by atoms with Crippen LogP contribution in [0, 0.1) is 17.2 Å². The molecule has 0 spiro atoms. The lowest BCUT2D eigenvalue weighted by Gasteiger charge is -2.21. The molecule has 1 aliphatic heterocycles. The van der Waals surface area contributed by atoms with Crippen LogP contribution >= 0.6 is 0 Å². The molecule has 7 heteroatoms. The highest BCUT2D eigenvalue weighted by Gasteiger charge is 2.32. The molecule has 3 aromatic heterocycles. The van der Waals surface area contributed by atoms with E-state index < -0.39 is 0 Å². The molecular weight excluding hydrogens is 412 g/mol. The number of hydrogen-bond donors (Lipinski definition) is 1. The van der Waals surface area contributed by atoms with Crippen LogP contribution in [-0.4, -0.2) is 43.1 Å². The summed E-state index contributed by atoms with van der Waals surface area (Å²) in [6.07, 6.45) is 7.91. The summed E-state index contributed by atoms with van der Waals surface area (Å²) in [6.45, 7) is 3.81. The Morgan fingerprint density at radius 2 is 2.06 bits per heavy atom. The zero-order valence-electron chi connectivity index (χ0n) is 18.6. The van der Waals surface area contributed by atoms with Gasteiger partial charge in [-0.2, -0.15) is 10.4 Å². The summed E-state index contributed by atoms with van der Waals surface area (Å²) < 4.78 is 2.25. The van der Waals surface area contributed by atoms with Gasteiger partial charge in [0, 0.05) is 43.5 Å². The predicted octanol–water partition coefficient (Wildman–Crippen LogP) is 4.17. The first-order chi connectivity index (χ1) is 16.1. The Hall–Kier alpha value is -3.92. The fourth-order valence-electron chi connectivity index (χ4n) is 4.83. The molecule has 0 aliphatic carbocycles. The van der Waals surface area contributed by atoms with Crippen LogP contribution in [0.15, 0.2) is 61.1 Å². The minimum atomic E-state index is 0.207. The van der Waals surface area contributed by atoms with Crippen molar-refractivity contribution in [2.75, 3.05) is 6.54 Å². The number of hydrogen-bond acceptors (Lipinski definition) is 4. The fraction of sp³-hybridized carbons (Fsp3) is 0.308. The maximum Gasteiger partial charge on any atom is 0.223 e. The van der Waals surface area contributed by atoms with Gasteiger partial charge in [-0.15, -0.1) is 0 Å². The lowest BCUT2D eigenvalue weighted by atomic mass is 10.1. The third-order valence-corrected chi connectivity index (χ3v) is 6.57. The number of rotatable bonds is 6. The summed E-state index contributed by atoms with van der Waals surface area (Å²) in [4.78, 5) is 19.7. The van der Waals surface area contributed by atoms with Crippen molar-refractivity contribution in [3.8, 4) is 17.3 Å². The Balaban J connectivity index is 1.21. The first kappa shape index (κ1) is 21.0. The van der Waals surface area contributed by atoms with Gasteiger partial charge < -0.3 is 9.47 Å². The number of pyridine rings is 1. The van der Waals surface area contributed by atoms with Crippen molar-refractivity contribution >= 4 is 16.9 Å². The van der Waals surface area contributed by atoms with E-state index in [1.807, 2.05) is 41.4 Å². The summed E-state index contributed by atoms with van der Waals surface area (Å²) in [5, 5.41) is 15.8. The molecule has 0 radical (unpaired) electrons. The van der Waals surface area contributed by atoms with E-state index in [1.165, 1.54) is 0 Å². The molecule has 0 bridgehead atoms. The van der Waals surface area contributed by atoms with Crippen LogP contribution in [0.1, 0.15) is 30.9 Å². The summed E-state index contributed by atoms with van der Waals surface area (Å²) in [5.41, 5.74) is 5.70.